The molecule has 0 saturated heterocycles. The third-order valence-corrected chi connectivity index (χ3v) is 3.25. The summed E-state index contributed by atoms with van der Waals surface area (Å²) in [4.78, 5) is 4.50. The lowest BCUT2D eigenvalue weighted by atomic mass is 10.0. The molecule has 20 heavy (non-hydrogen) atoms. The second-order valence-corrected chi connectivity index (χ2v) is 4.64. The van der Waals surface area contributed by atoms with E-state index < -0.39 is 0 Å². The van der Waals surface area contributed by atoms with Crippen molar-refractivity contribution in [2.75, 3.05) is 5.43 Å². The lowest BCUT2D eigenvalue weighted by Gasteiger charge is -2.10. The van der Waals surface area contributed by atoms with Crippen LogP contribution in [0.5, 0.6) is 0 Å². The number of pyridine rings is 1. The van der Waals surface area contributed by atoms with Gasteiger partial charge in [-0.15, -0.1) is 0 Å². The highest BCUT2D eigenvalue weighted by molar-refractivity contribution is 5.81. The van der Waals surface area contributed by atoms with Crippen molar-refractivity contribution < 1.29 is 4.39 Å². The molecule has 0 aliphatic rings. The van der Waals surface area contributed by atoms with Crippen molar-refractivity contribution in [3.8, 4) is 0 Å². The number of rotatable bonds is 3. The second kappa shape index (κ2) is 5.27. The van der Waals surface area contributed by atoms with Gasteiger partial charge in [0, 0.05) is 17.4 Å². The number of benzene rings is 2. The van der Waals surface area contributed by atoms with Crippen LogP contribution in [0.4, 0.5) is 10.2 Å². The van der Waals surface area contributed by atoms with Crippen LogP contribution in [-0.2, 0) is 6.42 Å². The Morgan fingerprint density at radius 1 is 1.05 bits per heavy atom. The average Bonchev–Trinajstić information content (AvgIpc) is 2.49. The predicted octanol–water partition coefficient (Wildman–Crippen LogP) is 3.25. The summed E-state index contributed by atoms with van der Waals surface area (Å²) in [7, 11) is 0. The minimum atomic E-state index is -0.234. The molecule has 0 saturated carbocycles. The molecule has 0 radical (unpaired) electrons. The van der Waals surface area contributed by atoms with Crippen molar-refractivity contribution in [2.24, 2.45) is 5.84 Å². The van der Waals surface area contributed by atoms with E-state index in [0.29, 0.717) is 12.2 Å². The first-order valence-corrected chi connectivity index (χ1v) is 6.36. The van der Waals surface area contributed by atoms with Crippen molar-refractivity contribution in [1.29, 1.82) is 0 Å². The van der Waals surface area contributed by atoms with Crippen LogP contribution in [0.3, 0.4) is 0 Å². The molecule has 0 aliphatic heterocycles. The first-order valence-electron chi connectivity index (χ1n) is 6.36. The molecule has 2 aromatic carbocycles. The smallest absolute Gasteiger partial charge is 0.144 e. The van der Waals surface area contributed by atoms with Crippen LogP contribution in [0.1, 0.15) is 11.1 Å². The molecule has 0 unspecified atom stereocenters. The molecule has 3 rings (SSSR count). The van der Waals surface area contributed by atoms with Crippen LogP contribution in [-0.4, -0.2) is 4.98 Å². The topological polar surface area (TPSA) is 50.9 Å². The van der Waals surface area contributed by atoms with Gasteiger partial charge in [0.2, 0.25) is 0 Å². The lowest BCUT2D eigenvalue weighted by Crippen LogP contribution is -2.11. The van der Waals surface area contributed by atoms with E-state index in [1.165, 1.54) is 12.1 Å². The molecule has 0 bridgehead atoms. The summed E-state index contributed by atoms with van der Waals surface area (Å²) in [5.41, 5.74) is 5.52. The van der Waals surface area contributed by atoms with Gasteiger partial charge >= 0.3 is 0 Å². The number of halogens is 1. The van der Waals surface area contributed by atoms with E-state index in [4.69, 9.17) is 5.84 Å². The van der Waals surface area contributed by atoms with Crippen molar-refractivity contribution in [3.05, 3.63) is 71.5 Å². The van der Waals surface area contributed by atoms with Crippen LogP contribution in [0.25, 0.3) is 10.9 Å². The highest BCUT2D eigenvalue weighted by Crippen LogP contribution is 2.22. The van der Waals surface area contributed by atoms with E-state index in [9.17, 15) is 4.39 Å². The molecule has 3 nitrogen and oxygen atoms in total. The van der Waals surface area contributed by atoms with Gasteiger partial charge in [0.1, 0.15) is 11.6 Å². The van der Waals surface area contributed by atoms with Gasteiger partial charge in [0.05, 0.1) is 5.52 Å². The molecule has 3 N–H and O–H groups in total. The van der Waals surface area contributed by atoms with Crippen LogP contribution >= 0.6 is 0 Å². The third-order valence-electron chi connectivity index (χ3n) is 3.25. The Morgan fingerprint density at radius 3 is 2.55 bits per heavy atom. The largest absolute Gasteiger partial charge is 0.308 e. The SMILES string of the molecule is NNc1nc2ccccc2cc1Cc1ccc(F)cc1. The number of anilines is 1. The van der Waals surface area contributed by atoms with Crippen molar-refractivity contribution in [3.63, 3.8) is 0 Å². The molecule has 0 amide bonds. The van der Waals surface area contributed by atoms with E-state index in [2.05, 4.69) is 16.5 Å². The Bertz CT molecular complexity index is 738. The van der Waals surface area contributed by atoms with E-state index in [-0.39, 0.29) is 5.82 Å². The van der Waals surface area contributed by atoms with Gasteiger partial charge in [-0.2, -0.15) is 0 Å². The minimum Gasteiger partial charge on any atom is -0.308 e. The number of hydrazine groups is 1. The Kier molecular flexibility index (Phi) is 3.31. The molecular formula is C16H14FN3. The molecule has 4 heteroatoms. The standard InChI is InChI=1S/C16H14FN3/c17-14-7-5-11(6-8-14)9-13-10-12-3-1-2-4-15(12)19-16(13)20-18/h1-8,10H,9,18H2,(H,19,20). The summed E-state index contributed by atoms with van der Waals surface area (Å²) in [6, 6.07) is 16.4. The first kappa shape index (κ1) is 12.6. The van der Waals surface area contributed by atoms with E-state index >= 15 is 0 Å². The van der Waals surface area contributed by atoms with Gasteiger partial charge in [-0.1, -0.05) is 30.3 Å². The fourth-order valence-electron chi connectivity index (χ4n) is 2.24. The predicted molar refractivity (Wildman–Crippen MR) is 78.8 cm³/mol. The maximum Gasteiger partial charge on any atom is 0.144 e. The van der Waals surface area contributed by atoms with Crippen molar-refractivity contribution >= 4 is 16.7 Å². The first-order chi connectivity index (χ1) is 9.76. The quantitative estimate of drug-likeness (QED) is 0.565. The van der Waals surface area contributed by atoms with E-state index in [0.717, 1.165) is 22.0 Å². The Hall–Kier alpha value is -2.46. The molecule has 0 spiro atoms. The highest BCUT2D eigenvalue weighted by Gasteiger charge is 2.07. The molecule has 0 atom stereocenters. The molecule has 0 fully saturated rings. The normalized spacial score (nSPS) is 10.7. The molecule has 3 aromatic rings. The average molecular weight is 267 g/mol. The fraction of sp³-hybridized carbons (Fsp3) is 0.0625. The van der Waals surface area contributed by atoms with Crippen molar-refractivity contribution in [2.45, 2.75) is 6.42 Å². The highest BCUT2D eigenvalue weighted by atomic mass is 19.1. The number of nitrogens with two attached hydrogens (primary N) is 1. The Balaban J connectivity index is 2.03. The Labute approximate surface area is 116 Å². The van der Waals surface area contributed by atoms with Gasteiger partial charge < -0.3 is 5.43 Å². The molecular weight excluding hydrogens is 253 g/mol. The molecule has 100 valence electrons. The summed E-state index contributed by atoms with van der Waals surface area (Å²) < 4.78 is 12.9. The van der Waals surface area contributed by atoms with Crippen LogP contribution in [0.15, 0.2) is 54.6 Å². The number of fused-ring (bicyclic) bond motifs is 1. The maximum absolute atomic E-state index is 12.9. The monoisotopic (exact) mass is 267 g/mol. The number of hydrogen-bond acceptors (Lipinski definition) is 3. The van der Waals surface area contributed by atoms with Crippen LogP contribution < -0.4 is 11.3 Å². The number of para-hydroxylation sites is 1. The number of aromatic nitrogens is 1. The summed E-state index contributed by atoms with van der Waals surface area (Å²) in [5, 5.41) is 1.06. The van der Waals surface area contributed by atoms with Crippen molar-refractivity contribution in [1.82, 2.24) is 4.98 Å². The summed E-state index contributed by atoms with van der Waals surface area (Å²) >= 11 is 0. The van der Waals surface area contributed by atoms with Crippen LogP contribution in [0, 0.1) is 5.82 Å². The minimum absolute atomic E-state index is 0.234. The molecule has 0 aliphatic carbocycles. The molecule has 1 aromatic heterocycles. The second-order valence-electron chi connectivity index (χ2n) is 4.64. The van der Waals surface area contributed by atoms with Gasteiger partial charge in [0.15, 0.2) is 0 Å². The van der Waals surface area contributed by atoms with E-state index in [1.54, 1.807) is 12.1 Å². The summed E-state index contributed by atoms with van der Waals surface area (Å²) in [6.45, 7) is 0. The number of nitrogens with one attached hydrogen (secondary N) is 1. The summed E-state index contributed by atoms with van der Waals surface area (Å²) in [5.74, 6) is 5.96. The van der Waals surface area contributed by atoms with E-state index in [1.807, 2.05) is 24.3 Å². The zero-order chi connectivity index (χ0) is 13.9. The van der Waals surface area contributed by atoms with Crippen LogP contribution in [0.2, 0.25) is 0 Å². The summed E-state index contributed by atoms with van der Waals surface area (Å²) in [6.07, 6.45) is 0.650. The zero-order valence-electron chi connectivity index (χ0n) is 10.8. The number of nitrogens with zero attached hydrogens (tertiary/aromatic N) is 1. The zero-order valence-corrected chi connectivity index (χ0v) is 10.8. The Morgan fingerprint density at radius 2 is 1.80 bits per heavy atom. The fourth-order valence-corrected chi connectivity index (χ4v) is 2.24. The lowest BCUT2D eigenvalue weighted by molar-refractivity contribution is 0.627. The number of nitrogen functional groups attached to an aromatic ring is 1. The molecule has 1 heterocycles. The number of hydrogen-bond donors (Lipinski definition) is 2. The van der Waals surface area contributed by atoms with Gasteiger partial charge in [-0.25, -0.2) is 15.2 Å². The van der Waals surface area contributed by atoms with Gasteiger partial charge in [-0.05, 0) is 29.8 Å². The third kappa shape index (κ3) is 2.46. The van der Waals surface area contributed by atoms with Gasteiger partial charge in [0.25, 0.3) is 0 Å². The van der Waals surface area contributed by atoms with Gasteiger partial charge in [-0.3, -0.25) is 0 Å². The maximum atomic E-state index is 12.9.